The summed E-state index contributed by atoms with van der Waals surface area (Å²) in [5.41, 5.74) is 1.36. The maximum Gasteiger partial charge on any atom is 0.323 e. The van der Waals surface area contributed by atoms with E-state index >= 15 is 0 Å². The predicted molar refractivity (Wildman–Crippen MR) is 81.6 cm³/mol. The van der Waals surface area contributed by atoms with E-state index < -0.39 is 0 Å². The molecular formula is C13H19N5OS. The lowest BCUT2D eigenvalue weighted by Crippen LogP contribution is -2.09. The number of rotatable bonds is 7. The van der Waals surface area contributed by atoms with Gasteiger partial charge in [0, 0.05) is 11.9 Å². The molecule has 20 heavy (non-hydrogen) atoms. The zero-order valence-electron chi connectivity index (χ0n) is 11.9. The van der Waals surface area contributed by atoms with Gasteiger partial charge in [-0.05, 0) is 30.4 Å². The normalized spacial score (nSPS) is 10.3. The van der Waals surface area contributed by atoms with Crippen LogP contribution in [0.4, 0.5) is 11.9 Å². The Bertz CT molecular complexity index is 557. The Kier molecular flexibility index (Phi) is 5.11. The lowest BCUT2D eigenvalue weighted by atomic mass is 10.2. The zero-order valence-corrected chi connectivity index (χ0v) is 12.8. The molecule has 2 aromatic heterocycles. The molecule has 0 atom stereocenters. The number of hydrogen-bond acceptors (Lipinski definition) is 7. The maximum atomic E-state index is 5.33. The van der Waals surface area contributed by atoms with Crippen molar-refractivity contribution >= 4 is 23.2 Å². The van der Waals surface area contributed by atoms with Crippen molar-refractivity contribution in [3.8, 4) is 6.01 Å². The van der Waals surface area contributed by atoms with Crippen LogP contribution in [0.1, 0.15) is 24.3 Å². The van der Waals surface area contributed by atoms with Gasteiger partial charge in [-0.15, -0.1) is 11.3 Å². The molecule has 0 saturated heterocycles. The molecule has 0 aromatic carbocycles. The molecule has 0 saturated carbocycles. The number of nitrogens with zero attached hydrogens (tertiary/aromatic N) is 3. The summed E-state index contributed by atoms with van der Waals surface area (Å²) in [4.78, 5) is 13.9. The molecule has 0 aliphatic heterocycles. The molecule has 2 N–H and O–H groups in total. The summed E-state index contributed by atoms with van der Waals surface area (Å²) in [6.45, 7) is 5.28. The first-order valence-corrected chi connectivity index (χ1v) is 7.50. The lowest BCUT2D eigenvalue weighted by molar-refractivity contribution is 0.312. The average Bonchev–Trinajstić information content (AvgIpc) is 2.92. The van der Waals surface area contributed by atoms with Gasteiger partial charge in [-0.1, -0.05) is 6.92 Å². The number of aromatic nitrogens is 3. The highest BCUT2D eigenvalue weighted by molar-refractivity contribution is 7.10. The standard InChI is InChI=1S/C13H19N5OS/c1-4-9-6-7-20-10(9)8-15-12-16-11(14-3)17-13(18-12)19-5-2/h6-7H,4-5,8H2,1-3H3,(H2,14,15,16,17,18). The molecule has 0 unspecified atom stereocenters. The van der Waals surface area contributed by atoms with Gasteiger partial charge < -0.3 is 15.4 Å². The largest absolute Gasteiger partial charge is 0.464 e. The fourth-order valence-electron chi connectivity index (χ4n) is 1.74. The number of aryl methyl sites for hydroxylation is 1. The molecule has 0 amide bonds. The second-order valence-electron chi connectivity index (χ2n) is 4.02. The van der Waals surface area contributed by atoms with Gasteiger partial charge in [-0.3, -0.25) is 0 Å². The van der Waals surface area contributed by atoms with Gasteiger partial charge in [0.2, 0.25) is 11.9 Å². The van der Waals surface area contributed by atoms with E-state index in [1.54, 1.807) is 18.4 Å². The van der Waals surface area contributed by atoms with E-state index in [9.17, 15) is 0 Å². The van der Waals surface area contributed by atoms with Crippen molar-refractivity contribution in [1.29, 1.82) is 0 Å². The number of anilines is 2. The Morgan fingerprint density at radius 2 is 2.00 bits per heavy atom. The van der Waals surface area contributed by atoms with Gasteiger partial charge in [0.15, 0.2) is 0 Å². The second kappa shape index (κ2) is 7.04. The quantitative estimate of drug-likeness (QED) is 0.817. The highest BCUT2D eigenvalue weighted by atomic mass is 32.1. The van der Waals surface area contributed by atoms with Crippen molar-refractivity contribution in [3.63, 3.8) is 0 Å². The molecule has 0 bridgehead atoms. The third-order valence-corrected chi connectivity index (χ3v) is 3.70. The smallest absolute Gasteiger partial charge is 0.323 e. The Balaban J connectivity index is 2.10. The Morgan fingerprint density at radius 1 is 1.20 bits per heavy atom. The molecule has 2 aromatic rings. The predicted octanol–water partition coefficient (Wildman–Crippen LogP) is 2.55. The monoisotopic (exact) mass is 293 g/mol. The SMILES string of the molecule is CCOc1nc(NC)nc(NCc2sccc2CC)n1. The molecule has 7 heteroatoms. The third-order valence-electron chi connectivity index (χ3n) is 2.74. The molecule has 6 nitrogen and oxygen atoms in total. The maximum absolute atomic E-state index is 5.33. The number of ether oxygens (including phenoxy) is 1. The highest BCUT2D eigenvalue weighted by Crippen LogP contribution is 2.19. The van der Waals surface area contributed by atoms with E-state index in [1.165, 1.54) is 10.4 Å². The fraction of sp³-hybridized carbons (Fsp3) is 0.462. The molecule has 0 spiro atoms. The topological polar surface area (TPSA) is 72.0 Å². The van der Waals surface area contributed by atoms with Crippen molar-refractivity contribution in [2.45, 2.75) is 26.8 Å². The molecule has 0 fully saturated rings. The van der Waals surface area contributed by atoms with Gasteiger partial charge in [-0.25, -0.2) is 0 Å². The number of hydrogen-bond donors (Lipinski definition) is 2. The number of nitrogens with one attached hydrogen (secondary N) is 2. The minimum Gasteiger partial charge on any atom is -0.464 e. The van der Waals surface area contributed by atoms with E-state index in [0.29, 0.717) is 31.1 Å². The van der Waals surface area contributed by atoms with Crippen LogP contribution in [0, 0.1) is 0 Å². The van der Waals surface area contributed by atoms with Crippen molar-refractivity contribution in [2.75, 3.05) is 24.3 Å². The summed E-state index contributed by atoms with van der Waals surface area (Å²) < 4.78 is 5.33. The number of thiophene rings is 1. The van der Waals surface area contributed by atoms with Crippen LogP contribution in [0.5, 0.6) is 6.01 Å². The first-order chi connectivity index (χ1) is 9.76. The summed E-state index contributed by atoms with van der Waals surface area (Å²) in [6, 6.07) is 2.48. The Labute approximate surface area is 122 Å². The van der Waals surface area contributed by atoms with Crippen molar-refractivity contribution < 1.29 is 4.74 Å². The summed E-state index contributed by atoms with van der Waals surface area (Å²) in [5, 5.41) is 8.23. The van der Waals surface area contributed by atoms with Crippen LogP contribution in [0.15, 0.2) is 11.4 Å². The molecule has 0 aliphatic carbocycles. The zero-order chi connectivity index (χ0) is 14.4. The van der Waals surface area contributed by atoms with Crippen LogP contribution in [0.2, 0.25) is 0 Å². The second-order valence-corrected chi connectivity index (χ2v) is 5.02. The van der Waals surface area contributed by atoms with Gasteiger partial charge in [0.1, 0.15) is 0 Å². The summed E-state index contributed by atoms with van der Waals surface area (Å²) in [6.07, 6.45) is 1.03. The molecule has 2 heterocycles. The summed E-state index contributed by atoms with van der Waals surface area (Å²) in [5.74, 6) is 1.01. The first-order valence-electron chi connectivity index (χ1n) is 6.62. The van der Waals surface area contributed by atoms with Crippen molar-refractivity contribution in [1.82, 2.24) is 15.0 Å². The van der Waals surface area contributed by atoms with Crippen molar-refractivity contribution in [3.05, 3.63) is 21.9 Å². The third kappa shape index (κ3) is 3.57. The molecule has 0 aliphatic rings. The molecule has 2 rings (SSSR count). The minimum atomic E-state index is 0.330. The molecule has 0 radical (unpaired) electrons. The summed E-state index contributed by atoms with van der Waals surface area (Å²) >= 11 is 1.74. The van der Waals surface area contributed by atoms with Gasteiger partial charge in [0.25, 0.3) is 0 Å². The minimum absolute atomic E-state index is 0.330. The van der Waals surface area contributed by atoms with Crippen LogP contribution in [0.25, 0.3) is 0 Å². The fourth-order valence-corrected chi connectivity index (χ4v) is 2.65. The van der Waals surface area contributed by atoms with Crippen LogP contribution in [-0.4, -0.2) is 28.6 Å². The molecular weight excluding hydrogens is 274 g/mol. The average molecular weight is 293 g/mol. The lowest BCUT2D eigenvalue weighted by Gasteiger charge is -2.08. The van der Waals surface area contributed by atoms with E-state index in [4.69, 9.17) is 4.74 Å². The van der Waals surface area contributed by atoms with Crippen LogP contribution < -0.4 is 15.4 Å². The highest BCUT2D eigenvalue weighted by Gasteiger charge is 2.08. The van der Waals surface area contributed by atoms with Crippen LogP contribution in [0.3, 0.4) is 0 Å². The van der Waals surface area contributed by atoms with E-state index in [0.717, 1.165) is 6.42 Å². The first kappa shape index (κ1) is 14.5. The van der Waals surface area contributed by atoms with Gasteiger partial charge >= 0.3 is 6.01 Å². The van der Waals surface area contributed by atoms with Crippen LogP contribution in [-0.2, 0) is 13.0 Å². The van der Waals surface area contributed by atoms with E-state index in [1.807, 2.05) is 6.92 Å². The van der Waals surface area contributed by atoms with E-state index in [-0.39, 0.29) is 0 Å². The van der Waals surface area contributed by atoms with Gasteiger partial charge in [0.05, 0.1) is 13.2 Å². The van der Waals surface area contributed by atoms with Gasteiger partial charge in [-0.2, -0.15) is 15.0 Å². The Morgan fingerprint density at radius 3 is 2.70 bits per heavy atom. The van der Waals surface area contributed by atoms with E-state index in [2.05, 4.69) is 44.0 Å². The Hall–Kier alpha value is -1.89. The van der Waals surface area contributed by atoms with Crippen molar-refractivity contribution in [2.24, 2.45) is 0 Å². The molecule has 108 valence electrons. The van der Waals surface area contributed by atoms with Crippen LogP contribution >= 0.6 is 11.3 Å². The summed E-state index contributed by atoms with van der Waals surface area (Å²) in [7, 11) is 1.77.